The van der Waals surface area contributed by atoms with Gasteiger partial charge in [0.1, 0.15) is 23.8 Å². The molecule has 3 N–H and O–H groups in total. The summed E-state index contributed by atoms with van der Waals surface area (Å²) < 4.78 is 28.7. The lowest BCUT2D eigenvalue weighted by Gasteiger charge is -2.35. The number of nitrogens with zero attached hydrogens (tertiary/aromatic N) is 3. The fourth-order valence-electron chi connectivity index (χ4n) is 4.04. The van der Waals surface area contributed by atoms with E-state index in [0.29, 0.717) is 36.0 Å². The van der Waals surface area contributed by atoms with Crippen LogP contribution >= 0.6 is 0 Å². The van der Waals surface area contributed by atoms with E-state index in [0.717, 1.165) is 13.1 Å². The number of ether oxygens (including phenoxy) is 1. The van der Waals surface area contributed by atoms with Crippen LogP contribution in [0, 0.1) is 0 Å². The standard InChI is InChI=1S/C22H24N6O4S/c29-22(25-19-6-3-7-21(24-19)27-10-12-32-13-11-27)17-14-23-20-9-8-16(26-28(17)20)15-4-1-2-5-18(15)33(30)31/h1-9,14,20-21,23-24,33H,10-13H2,(H,25,29). The molecule has 4 aliphatic heterocycles. The molecule has 10 nitrogen and oxygen atoms in total. The summed E-state index contributed by atoms with van der Waals surface area (Å²) in [5.41, 5.74) is 1.28. The van der Waals surface area contributed by atoms with Crippen LogP contribution in [-0.4, -0.2) is 68.6 Å². The normalized spacial score (nSPS) is 24.4. The molecule has 4 heterocycles. The van der Waals surface area contributed by atoms with Gasteiger partial charge in [0.2, 0.25) is 0 Å². The zero-order valence-electron chi connectivity index (χ0n) is 17.7. The van der Waals surface area contributed by atoms with Crippen molar-refractivity contribution in [1.29, 1.82) is 0 Å². The number of amides is 1. The fourth-order valence-corrected chi connectivity index (χ4v) is 4.64. The van der Waals surface area contributed by atoms with Gasteiger partial charge in [0.15, 0.2) is 10.7 Å². The molecule has 0 aliphatic carbocycles. The smallest absolute Gasteiger partial charge is 0.276 e. The predicted octanol–water partition coefficient (Wildman–Crippen LogP) is -0.221. The summed E-state index contributed by atoms with van der Waals surface area (Å²) in [4.78, 5) is 15.5. The van der Waals surface area contributed by atoms with E-state index in [1.165, 1.54) is 6.07 Å². The van der Waals surface area contributed by atoms with Gasteiger partial charge < -0.3 is 20.7 Å². The first-order valence-electron chi connectivity index (χ1n) is 10.6. The third-order valence-corrected chi connectivity index (χ3v) is 6.49. The van der Waals surface area contributed by atoms with E-state index < -0.39 is 10.7 Å². The number of fused-ring (bicyclic) bond motifs is 1. The SMILES string of the molecule is O=C(NC1=CC=CC(N2CCOCC2)N1)C1=CNC2C=CC(c3ccccc3[SH](=O)=O)=NN12. The topological polar surface area (TPSA) is 115 Å². The molecule has 0 radical (unpaired) electrons. The van der Waals surface area contributed by atoms with Gasteiger partial charge in [0.25, 0.3) is 5.91 Å². The monoisotopic (exact) mass is 468 g/mol. The molecule has 0 bridgehead atoms. The van der Waals surface area contributed by atoms with Crippen molar-refractivity contribution in [2.24, 2.45) is 5.10 Å². The van der Waals surface area contributed by atoms with Crippen molar-refractivity contribution >= 4 is 22.3 Å². The molecule has 11 heteroatoms. The number of hydrogen-bond acceptors (Lipinski definition) is 9. The Kier molecular flexibility index (Phi) is 5.99. The van der Waals surface area contributed by atoms with Crippen molar-refractivity contribution in [3.63, 3.8) is 0 Å². The Hall–Kier alpha value is -3.41. The number of hydrogen-bond donors (Lipinski definition) is 4. The molecule has 5 rings (SSSR count). The molecule has 0 saturated carbocycles. The van der Waals surface area contributed by atoms with Crippen molar-refractivity contribution in [3.8, 4) is 0 Å². The third-order valence-electron chi connectivity index (χ3n) is 5.71. The highest BCUT2D eigenvalue weighted by molar-refractivity contribution is 7.72. The van der Waals surface area contributed by atoms with Crippen LogP contribution in [0.2, 0.25) is 0 Å². The Morgan fingerprint density at radius 3 is 2.79 bits per heavy atom. The van der Waals surface area contributed by atoms with Gasteiger partial charge >= 0.3 is 0 Å². The molecule has 2 atom stereocenters. The highest BCUT2D eigenvalue weighted by Crippen LogP contribution is 2.23. The average molecular weight is 469 g/mol. The van der Waals surface area contributed by atoms with Gasteiger partial charge in [0, 0.05) is 24.9 Å². The first-order valence-corrected chi connectivity index (χ1v) is 11.8. The number of nitrogens with one attached hydrogen (secondary N) is 3. The van der Waals surface area contributed by atoms with E-state index in [1.54, 1.807) is 41.6 Å². The number of morpholine rings is 1. The van der Waals surface area contributed by atoms with E-state index in [1.807, 2.05) is 18.2 Å². The number of thiol groups is 1. The molecule has 1 fully saturated rings. The van der Waals surface area contributed by atoms with Crippen molar-refractivity contribution in [3.05, 3.63) is 77.9 Å². The minimum Gasteiger partial charge on any atom is -0.379 e. The number of allylic oxidation sites excluding steroid dienone is 3. The van der Waals surface area contributed by atoms with Crippen LogP contribution in [0.3, 0.4) is 0 Å². The summed E-state index contributed by atoms with van der Waals surface area (Å²) in [5, 5.41) is 15.5. The van der Waals surface area contributed by atoms with Crippen molar-refractivity contribution in [2.45, 2.75) is 17.2 Å². The van der Waals surface area contributed by atoms with Gasteiger partial charge in [-0.25, -0.2) is 13.4 Å². The number of benzene rings is 1. The van der Waals surface area contributed by atoms with Crippen LogP contribution in [0.5, 0.6) is 0 Å². The minimum atomic E-state index is -2.78. The van der Waals surface area contributed by atoms with Gasteiger partial charge in [0.05, 0.1) is 23.8 Å². The highest BCUT2D eigenvalue weighted by atomic mass is 32.2. The highest BCUT2D eigenvalue weighted by Gasteiger charge is 2.32. The third kappa shape index (κ3) is 4.42. The van der Waals surface area contributed by atoms with Crippen molar-refractivity contribution in [2.75, 3.05) is 26.3 Å². The Morgan fingerprint density at radius 2 is 1.97 bits per heavy atom. The maximum absolute atomic E-state index is 13.1. The zero-order chi connectivity index (χ0) is 22.8. The Morgan fingerprint density at radius 1 is 1.15 bits per heavy atom. The van der Waals surface area contributed by atoms with Crippen LogP contribution in [0.4, 0.5) is 0 Å². The molecule has 0 spiro atoms. The molecule has 0 aromatic heterocycles. The second kappa shape index (κ2) is 9.22. The number of hydrazone groups is 1. The van der Waals surface area contributed by atoms with Gasteiger partial charge in [-0.05, 0) is 30.4 Å². The van der Waals surface area contributed by atoms with Crippen molar-refractivity contribution < 1.29 is 17.9 Å². The molecule has 172 valence electrons. The first-order chi connectivity index (χ1) is 16.1. The summed E-state index contributed by atoms with van der Waals surface area (Å²) in [5.74, 6) is 0.259. The molecule has 1 saturated heterocycles. The second-order valence-electron chi connectivity index (χ2n) is 7.76. The number of dihydropyridines is 1. The number of rotatable bonds is 5. The van der Waals surface area contributed by atoms with E-state index >= 15 is 0 Å². The molecular formula is C22H24N6O4S. The summed E-state index contributed by atoms with van der Waals surface area (Å²) in [6, 6.07) is 6.66. The van der Waals surface area contributed by atoms with Gasteiger partial charge in [-0.1, -0.05) is 24.3 Å². The molecule has 33 heavy (non-hydrogen) atoms. The molecule has 2 unspecified atom stereocenters. The van der Waals surface area contributed by atoms with Crippen LogP contribution in [0.25, 0.3) is 0 Å². The van der Waals surface area contributed by atoms with Crippen LogP contribution in [0.15, 0.2) is 82.4 Å². The Labute approximate surface area is 192 Å². The van der Waals surface area contributed by atoms with E-state index in [9.17, 15) is 13.2 Å². The lowest BCUT2D eigenvalue weighted by Crippen LogP contribution is -2.52. The lowest BCUT2D eigenvalue weighted by molar-refractivity contribution is -0.118. The van der Waals surface area contributed by atoms with Gasteiger partial charge in [-0.15, -0.1) is 0 Å². The van der Waals surface area contributed by atoms with E-state index in [2.05, 4.69) is 26.0 Å². The molecular weight excluding hydrogens is 444 g/mol. The second-order valence-corrected chi connectivity index (χ2v) is 8.76. The minimum absolute atomic E-state index is 0.0225. The van der Waals surface area contributed by atoms with Crippen LogP contribution in [0.1, 0.15) is 5.56 Å². The Bertz CT molecular complexity index is 1170. The summed E-state index contributed by atoms with van der Waals surface area (Å²) in [6.45, 7) is 3.00. The number of carbonyl (C=O) groups is 1. The average Bonchev–Trinajstić information content (AvgIpc) is 3.28. The number of carbonyl (C=O) groups excluding carboxylic acids is 1. The maximum atomic E-state index is 13.1. The molecule has 4 aliphatic rings. The first kappa shape index (κ1) is 21.4. The zero-order valence-corrected chi connectivity index (χ0v) is 18.6. The summed E-state index contributed by atoms with van der Waals surface area (Å²) in [6.07, 6.45) is 10.6. The molecule has 1 aromatic rings. The summed E-state index contributed by atoms with van der Waals surface area (Å²) in [7, 11) is -2.78. The van der Waals surface area contributed by atoms with Crippen molar-refractivity contribution in [1.82, 2.24) is 25.9 Å². The quantitative estimate of drug-likeness (QED) is 0.439. The van der Waals surface area contributed by atoms with Crippen LogP contribution < -0.4 is 16.0 Å². The predicted molar refractivity (Wildman–Crippen MR) is 122 cm³/mol. The lowest BCUT2D eigenvalue weighted by atomic mass is 10.1. The fraction of sp³-hybridized carbons (Fsp3) is 0.273. The van der Waals surface area contributed by atoms with E-state index in [4.69, 9.17) is 4.74 Å². The maximum Gasteiger partial charge on any atom is 0.276 e. The molecule has 1 amide bonds. The van der Waals surface area contributed by atoms with Gasteiger partial charge in [-0.2, -0.15) is 5.10 Å². The van der Waals surface area contributed by atoms with E-state index in [-0.39, 0.29) is 23.1 Å². The van der Waals surface area contributed by atoms with Crippen LogP contribution in [-0.2, 0) is 20.2 Å². The summed E-state index contributed by atoms with van der Waals surface area (Å²) >= 11 is 0. The molecule has 1 aromatic carbocycles. The van der Waals surface area contributed by atoms with Gasteiger partial charge in [-0.3, -0.25) is 9.69 Å². The Balaban J connectivity index is 1.30. The largest absolute Gasteiger partial charge is 0.379 e.